The Morgan fingerprint density at radius 2 is 1.67 bits per heavy atom. The van der Waals surface area contributed by atoms with Crippen LogP contribution in [0.25, 0.3) is 0 Å². The molecule has 0 aliphatic carbocycles. The van der Waals surface area contributed by atoms with E-state index in [4.69, 9.17) is 4.43 Å². The Bertz CT molecular complexity index is 142. The van der Waals surface area contributed by atoms with Gasteiger partial charge in [0.05, 0.1) is 0 Å². The zero-order chi connectivity index (χ0) is 9.83. The van der Waals surface area contributed by atoms with Crippen LogP contribution in [-0.2, 0) is 4.43 Å². The normalized spacial score (nSPS) is 13.1. The molecule has 0 N–H and O–H groups in total. The van der Waals surface area contributed by atoms with Crippen molar-refractivity contribution >= 4 is 8.32 Å². The lowest BCUT2D eigenvalue weighted by molar-refractivity contribution is 0.120. The van der Waals surface area contributed by atoms with E-state index in [1.54, 1.807) is 0 Å². The van der Waals surface area contributed by atoms with Crippen LogP contribution in [0.4, 0.5) is 0 Å². The molecular weight excluding hydrogens is 164 g/mol. The van der Waals surface area contributed by atoms with Crippen molar-refractivity contribution < 1.29 is 4.43 Å². The predicted molar refractivity (Wildman–Crippen MR) is 57.8 cm³/mol. The molecule has 0 bridgehead atoms. The molecule has 0 radical (unpaired) electrons. The highest BCUT2D eigenvalue weighted by Crippen LogP contribution is 2.24. The molecule has 0 aromatic heterocycles. The molecule has 12 heavy (non-hydrogen) atoms. The second-order valence-electron chi connectivity index (χ2n) is 4.19. The molecule has 0 heterocycles. The van der Waals surface area contributed by atoms with Crippen LogP contribution in [0.2, 0.25) is 12.1 Å². The van der Waals surface area contributed by atoms with E-state index in [1.165, 1.54) is 0 Å². The molecule has 0 aliphatic heterocycles. The van der Waals surface area contributed by atoms with Crippen LogP contribution >= 0.6 is 0 Å². The molecule has 0 saturated carbocycles. The summed E-state index contributed by atoms with van der Waals surface area (Å²) in [5.74, 6) is 0. The summed E-state index contributed by atoms with van der Waals surface area (Å²) < 4.78 is 6.09. The fourth-order valence-electron chi connectivity index (χ4n) is 1.33. The van der Waals surface area contributed by atoms with Crippen molar-refractivity contribution in [3.05, 3.63) is 12.3 Å². The molecule has 1 nitrogen and oxygen atoms in total. The van der Waals surface area contributed by atoms with Gasteiger partial charge in [-0.3, -0.25) is 0 Å². The van der Waals surface area contributed by atoms with Crippen LogP contribution < -0.4 is 0 Å². The zero-order valence-corrected chi connectivity index (χ0v) is 10.1. The summed E-state index contributed by atoms with van der Waals surface area (Å²) in [6.07, 6.45) is 0. The number of hydrogen-bond acceptors (Lipinski definition) is 1. The molecule has 0 rings (SSSR count). The molecule has 0 amide bonds. The summed E-state index contributed by atoms with van der Waals surface area (Å²) in [7, 11) is -1.59. The van der Waals surface area contributed by atoms with E-state index in [9.17, 15) is 0 Å². The molecule has 0 spiro atoms. The summed E-state index contributed by atoms with van der Waals surface area (Å²) >= 11 is 0. The smallest absolute Gasteiger partial charge is 0.216 e. The number of rotatable bonds is 4. The average Bonchev–Trinajstić information content (AvgIpc) is 1.99. The maximum Gasteiger partial charge on any atom is 0.216 e. The second-order valence-corrected chi connectivity index (χ2v) is 8.35. The van der Waals surface area contributed by atoms with E-state index in [0.717, 1.165) is 12.1 Å². The van der Waals surface area contributed by atoms with Gasteiger partial charge in [-0.2, -0.15) is 0 Å². The highest BCUT2D eigenvalue weighted by atomic mass is 28.4. The first-order chi connectivity index (χ1) is 5.39. The van der Waals surface area contributed by atoms with E-state index in [2.05, 4.69) is 46.9 Å². The molecule has 0 aromatic rings. The van der Waals surface area contributed by atoms with Gasteiger partial charge in [0.15, 0.2) is 0 Å². The van der Waals surface area contributed by atoms with Gasteiger partial charge in [0.2, 0.25) is 8.32 Å². The van der Waals surface area contributed by atoms with Crippen molar-refractivity contribution in [1.82, 2.24) is 0 Å². The average molecular weight is 186 g/mol. The topological polar surface area (TPSA) is 9.23 Å². The molecule has 0 aromatic carbocycles. The van der Waals surface area contributed by atoms with E-state index >= 15 is 0 Å². The molecule has 2 heteroatoms. The van der Waals surface area contributed by atoms with Gasteiger partial charge < -0.3 is 4.43 Å². The van der Waals surface area contributed by atoms with Gasteiger partial charge in [-0.15, -0.1) is 6.58 Å². The minimum absolute atomic E-state index is 0.0214. The van der Waals surface area contributed by atoms with E-state index < -0.39 is 8.32 Å². The van der Waals surface area contributed by atoms with E-state index in [-0.39, 0.29) is 5.60 Å². The van der Waals surface area contributed by atoms with Gasteiger partial charge in [0.1, 0.15) is 0 Å². The maximum absolute atomic E-state index is 6.09. The quantitative estimate of drug-likeness (QED) is 0.611. The maximum atomic E-state index is 6.09. The first-order valence-electron chi connectivity index (χ1n) is 4.73. The van der Waals surface area contributed by atoms with Crippen LogP contribution in [-0.4, -0.2) is 13.9 Å². The Morgan fingerprint density at radius 1 is 1.25 bits per heavy atom. The number of hydrogen-bond donors (Lipinski definition) is 0. The standard InChI is InChI=1S/C10H22OSi/c1-7-12(8-2,9-3)11-10(4,5)6/h7H,1,8-9H2,2-6H3. The third-order valence-electron chi connectivity index (χ3n) is 2.08. The van der Waals surface area contributed by atoms with Crippen LogP contribution in [0.1, 0.15) is 34.6 Å². The van der Waals surface area contributed by atoms with Gasteiger partial charge in [-0.25, -0.2) is 0 Å². The van der Waals surface area contributed by atoms with E-state index in [0.29, 0.717) is 0 Å². The third-order valence-corrected chi connectivity index (χ3v) is 6.24. The Hall–Kier alpha value is -0.0831. The SMILES string of the molecule is C=C[Si](CC)(CC)OC(C)(C)C. The molecule has 0 unspecified atom stereocenters. The predicted octanol–water partition coefficient (Wildman–Crippen LogP) is 3.51. The zero-order valence-electron chi connectivity index (χ0n) is 9.11. The van der Waals surface area contributed by atoms with Crippen LogP contribution in [0.15, 0.2) is 12.3 Å². The highest BCUT2D eigenvalue weighted by molar-refractivity contribution is 6.78. The molecule has 0 aliphatic rings. The van der Waals surface area contributed by atoms with Crippen LogP contribution in [0, 0.1) is 0 Å². The lowest BCUT2D eigenvalue weighted by atomic mass is 10.2. The Labute approximate surface area is 78.0 Å². The van der Waals surface area contributed by atoms with Crippen molar-refractivity contribution in [2.75, 3.05) is 0 Å². The fraction of sp³-hybridized carbons (Fsp3) is 0.800. The lowest BCUT2D eigenvalue weighted by Crippen LogP contribution is -2.41. The first-order valence-corrected chi connectivity index (χ1v) is 7.13. The van der Waals surface area contributed by atoms with Crippen molar-refractivity contribution in [2.45, 2.75) is 52.3 Å². The summed E-state index contributed by atoms with van der Waals surface area (Å²) in [6, 6.07) is 2.26. The molecular formula is C10H22OSi. The van der Waals surface area contributed by atoms with Gasteiger partial charge in [0.25, 0.3) is 0 Å². The van der Waals surface area contributed by atoms with Crippen molar-refractivity contribution in [3.63, 3.8) is 0 Å². The largest absolute Gasteiger partial charge is 0.408 e. The minimum atomic E-state index is -1.59. The van der Waals surface area contributed by atoms with Gasteiger partial charge in [-0.1, -0.05) is 19.5 Å². The van der Waals surface area contributed by atoms with Gasteiger partial charge >= 0.3 is 0 Å². The van der Waals surface area contributed by atoms with E-state index in [1.807, 2.05) is 0 Å². The summed E-state index contributed by atoms with van der Waals surface area (Å²) in [6.45, 7) is 14.6. The molecule has 0 atom stereocenters. The van der Waals surface area contributed by atoms with Gasteiger partial charge in [-0.05, 0) is 32.9 Å². The molecule has 0 saturated heterocycles. The summed E-state index contributed by atoms with van der Waals surface area (Å²) in [5, 5.41) is 0. The lowest BCUT2D eigenvalue weighted by Gasteiger charge is -2.34. The monoisotopic (exact) mass is 186 g/mol. The molecule has 0 fully saturated rings. The third kappa shape index (κ3) is 3.54. The Morgan fingerprint density at radius 3 is 1.75 bits per heavy atom. The van der Waals surface area contributed by atoms with Crippen molar-refractivity contribution in [3.8, 4) is 0 Å². The molecule has 72 valence electrons. The summed E-state index contributed by atoms with van der Waals surface area (Å²) in [4.78, 5) is 0. The first kappa shape index (κ1) is 11.9. The van der Waals surface area contributed by atoms with Crippen LogP contribution in [0.5, 0.6) is 0 Å². The minimum Gasteiger partial charge on any atom is -0.408 e. The highest BCUT2D eigenvalue weighted by Gasteiger charge is 2.31. The van der Waals surface area contributed by atoms with Crippen molar-refractivity contribution in [1.29, 1.82) is 0 Å². The fourth-order valence-corrected chi connectivity index (χ4v) is 4.00. The van der Waals surface area contributed by atoms with Crippen molar-refractivity contribution in [2.24, 2.45) is 0 Å². The van der Waals surface area contributed by atoms with Crippen LogP contribution in [0.3, 0.4) is 0 Å². The summed E-state index contributed by atoms with van der Waals surface area (Å²) in [5.41, 5.74) is 2.05. The Kier molecular flexibility index (Phi) is 4.21. The second kappa shape index (κ2) is 4.24. The van der Waals surface area contributed by atoms with Gasteiger partial charge in [0, 0.05) is 5.60 Å². The Balaban J connectivity index is 4.41.